The summed E-state index contributed by atoms with van der Waals surface area (Å²) in [6, 6.07) is 7.49. The number of hydrogen-bond acceptors (Lipinski definition) is 7. The third-order valence-electron chi connectivity index (χ3n) is 3.71. The van der Waals surface area contributed by atoms with Crippen molar-refractivity contribution in [1.82, 2.24) is 15.3 Å². The van der Waals surface area contributed by atoms with Gasteiger partial charge in [-0.2, -0.15) is 0 Å². The molecule has 0 saturated heterocycles. The second kappa shape index (κ2) is 5.94. The third kappa shape index (κ3) is 2.54. The first-order valence-electron chi connectivity index (χ1n) is 7.27. The minimum atomic E-state index is -0.172. The summed E-state index contributed by atoms with van der Waals surface area (Å²) in [6.45, 7) is 0. The summed E-state index contributed by atoms with van der Waals surface area (Å²) in [6.07, 6.45) is 5.11. The fourth-order valence-corrected chi connectivity index (χ4v) is 3.35. The van der Waals surface area contributed by atoms with Gasteiger partial charge in [0, 0.05) is 23.3 Å². The first-order chi connectivity index (χ1) is 11.4. The van der Waals surface area contributed by atoms with Gasteiger partial charge in [-0.25, -0.2) is 9.97 Å². The Hall–Kier alpha value is -2.51. The molecule has 0 bridgehead atoms. The zero-order valence-corrected chi connectivity index (χ0v) is 13.2. The highest BCUT2D eigenvalue weighted by Gasteiger charge is 2.30. The SMILES string of the molecule is CNC1Nc2ncccc2C(c2ccco2)=NC1c1nccs1. The Kier molecular flexibility index (Phi) is 3.64. The number of furan rings is 1. The minimum absolute atomic E-state index is 0.109. The molecule has 1 aliphatic heterocycles. The molecule has 23 heavy (non-hydrogen) atoms. The summed E-state index contributed by atoms with van der Waals surface area (Å²) < 4.78 is 5.60. The van der Waals surface area contributed by atoms with E-state index in [-0.39, 0.29) is 12.2 Å². The number of rotatable bonds is 3. The van der Waals surface area contributed by atoms with Gasteiger partial charge >= 0.3 is 0 Å². The highest BCUT2D eigenvalue weighted by atomic mass is 32.1. The van der Waals surface area contributed by atoms with Crippen molar-refractivity contribution >= 4 is 22.9 Å². The maximum absolute atomic E-state index is 5.60. The van der Waals surface area contributed by atoms with E-state index in [0.717, 1.165) is 27.9 Å². The number of nitrogens with zero attached hydrogens (tertiary/aromatic N) is 3. The Bertz CT molecular complexity index is 813. The number of thiazole rings is 1. The Balaban J connectivity index is 1.91. The van der Waals surface area contributed by atoms with E-state index in [1.165, 1.54) is 0 Å². The van der Waals surface area contributed by atoms with Crippen molar-refractivity contribution in [3.05, 3.63) is 64.6 Å². The first kappa shape index (κ1) is 14.1. The lowest BCUT2D eigenvalue weighted by Crippen LogP contribution is -2.38. The molecule has 0 aliphatic carbocycles. The molecule has 0 saturated carbocycles. The van der Waals surface area contributed by atoms with Gasteiger partial charge < -0.3 is 9.73 Å². The number of aromatic nitrogens is 2. The van der Waals surface area contributed by atoms with Crippen LogP contribution in [0.3, 0.4) is 0 Å². The summed E-state index contributed by atoms with van der Waals surface area (Å²) in [4.78, 5) is 13.9. The molecule has 4 heterocycles. The highest BCUT2D eigenvalue weighted by Crippen LogP contribution is 2.31. The number of nitrogens with one attached hydrogen (secondary N) is 2. The highest BCUT2D eigenvalue weighted by molar-refractivity contribution is 7.09. The standard InChI is InChI=1S/C16H15N5OS/c1-17-15-13(16-19-7-9-23-16)20-12(11-5-3-8-22-11)10-4-2-6-18-14(10)21-15/h2-9,13,15,17H,1H3,(H,18,21). The van der Waals surface area contributed by atoms with Crippen LogP contribution in [-0.4, -0.2) is 28.9 Å². The Morgan fingerprint density at radius 3 is 2.91 bits per heavy atom. The number of hydrogen-bond donors (Lipinski definition) is 2. The van der Waals surface area contributed by atoms with Crippen LogP contribution >= 0.6 is 11.3 Å². The summed E-state index contributed by atoms with van der Waals surface area (Å²) >= 11 is 1.59. The number of anilines is 1. The predicted octanol–water partition coefficient (Wildman–Crippen LogP) is 2.68. The number of pyridine rings is 1. The van der Waals surface area contributed by atoms with E-state index in [1.807, 2.05) is 36.7 Å². The van der Waals surface area contributed by atoms with Gasteiger partial charge in [0.15, 0.2) is 5.76 Å². The van der Waals surface area contributed by atoms with Gasteiger partial charge in [-0.15, -0.1) is 11.3 Å². The Labute approximate surface area is 137 Å². The van der Waals surface area contributed by atoms with Crippen LogP contribution < -0.4 is 10.6 Å². The lowest BCUT2D eigenvalue weighted by atomic mass is 10.1. The molecule has 0 aromatic carbocycles. The second-order valence-electron chi connectivity index (χ2n) is 5.08. The van der Waals surface area contributed by atoms with Gasteiger partial charge in [0.05, 0.1) is 6.26 Å². The van der Waals surface area contributed by atoms with E-state index in [9.17, 15) is 0 Å². The summed E-state index contributed by atoms with van der Waals surface area (Å²) in [7, 11) is 1.90. The Morgan fingerprint density at radius 1 is 1.22 bits per heavy atom. The van der Waals surface area contributed by atoms with Gasteiger partial charge in [0.25, 0.3) is 0 Å². The van der Waals surface area contributed by atoms with Crippen LogP contribution in [0.5, 0.6) is 0 Å². The smallest absolute Gasteiger partial charge is 0.152 e. The van der Waals surface area contributed by atoms with Crippen LogP contribution in [0, 0.1) is 0 Å². The number of aliphatic imine (C=N–C) groups is 1. The molecule has 4 rings (SSSR count). The van der Waals surface area contributed by atoms with E-state index in [4.69, 9.17) is 9.41 Å². The summed E-state index contributed by atoms with van der Waals surface area (Å²) in [5, 5.41) is 9.59. The maximum atomic E-state index is 5.60. The van der Waals surface area contributed by atoms with Crippen molar-refractivity contribution in [3.63, 3.8) is 0 Å². The van der Waals surface area contributed by atoms with Crippen LogP contribution in [0.15, 0.2) is 57.7 Å². The van der Waals surface area contributed by atoms with Crippen LogP contribution in [0.2, 0.25) is 0 Å². The zero-order valence-electron chi connectivity index (χ0n) is 12.4. The van der Waals surface area contributed by atoms with E-state index in [1.54, 1.807) is 30.0 Å². The molecule has 0 fully saturated rings. The molecule has 7 heteroatoms. The molecule has 6 nitrogen and oxygen atoms in total. The molecule has 3 aromatic rings. The largest absolute Gasteiger partial charge is 0.463 e. The van der Waals surface area contributed by atoms with Crippen molar-refractivity contribution < 1.29 is 4.42 Å². The molecule has 116 valence electrons. The fourth-order valence-electron chi connectivity index (χ4n) is 2.64. The van der Waals surface area contributed by atoms with Crippen LogP contribution in [0.4, 0.5) is 5.82 Å². The van der Waals surface area contributed by atoms with Gasteiger partial charge in [0.1, 0.15) is 28.7 Å². The van der Waals surface area contributed by atoms with Gasteiger partial charge in [-0.1, -0.05) is 0 Å². The monoisotopic (exact) mass is 325 g/mol. The third-order valence-corrected chi connectivity index (χ3v) is 4.56. The number of likely N-dealkylation sites (N-methyl/N-ethyl adjacent to an activating group) is 1. The Morgan fingerprint density at radius 2 is 2.17 bits per heavy atom. The van der Waals surface area contributed by atoms with Gasteiger partial charge in [-0.05, 0) is 31.3 Å². The fraction of sp³-hybridized carbons (Fsp3) is 0.188. The van der Waals surface area contributed by atoms with Crippen molar-refractivity contribution in [3.8, 4) is 0 Å². The molecule has 0 amide bonds. The lowest BCUT2D eigenvalue weighted by Gasteiger charge is -2.22. The van der Waals surface area contributed by atoms with Crippen molar-refractivity contribution in [2.45, 2.75) is 12.2 Å². The summed E-state index contributed by atoms with van der Waals surface area (Å²) in [5.41, 5.74) is 1.70. The molecule has 0 radical (unpaired) electrons. The lowest BCUT2D eigenvalue weighted by molar-refractivity contribution is 0.517. The van der Waals surface area contributed by atoms with E-state index >= 15 is 0 Å². The topological polar surface area (TPSA) is 75.3 Å². The maximum Gasteiger partial charge on any atom is 0.152 e. The molecule has 1 aliphatic rings. The molecule has 2 unspecified atom stereocenters. The first-order valence-corrected chi connectivity index (χ1v) is 8.15. The van der Waals surface area contributed by atoms with Gasteiger partial charge in [0.2, 0.25) is 0 Å². The van der Waals surface area contributed by atoms with E-state index < -0.39 is 0 Å². The molecular weight excluding hydrogens is 310 g/mol. The molecule has 2 atom stereocenters. The van der Waals surface area contributed by atoms with Crippen LogP contribution in [0.1, 0.15) is 22.4 Å². The van der Waals surface area contributed by atoms with E-state index in [2.05, 4.69) is 20.6 Å². The molecular formula is C16H15N5OS. The number of fused-ring (bicyclic) bond motifs is 1. The second-order valence-corrected chi connectivity index (χ2v) is 6.01. The average Bonchev–Trinajstić information content (AvgIpc) is 3.26. The van der Waals surface area contributed by atoms with Crippen molar-refractivity contribution in [1.29, 1.82) is 0 Å². The predicted molar refractivity (Wildman–Crippen MR) is 89.9 cm³/mol. The molecule has 0 spiro atoms. The quantitative estimate of drug-likeness (QED) is 0.774. The van der Waals surface area contributed by atoms with Crippen LogP contribution in [-0.2, 0) is 0 Å². The molecule has 3 aromatic heterocycles. The van der Waals surface area contributed by atoms with Crippen LogP contribution in [0.25, 0.3) is 0 Å². The van der Waals surface area contributed by atoms with E-state index in [0.29, 0.717) is 0 Å². The van der Waals surface area contributed by atoms with Crippen molar-refractivity contribution in [2.75, 3.05) is 12.4 Å². The van der Waals surface area contributed by atoms with Crippen molar-refractivity contribution in [2.24, 2.45) is 4.99 Å². The normalized spacial score (nSPS) is 20.3. The zero-order chi connectivity index (χ0) is 15.6. The summed E-state index contributed by atoms with van der Waals surface area (Å²) in [5.74, 6) is 1.50. The minimum Gasteiger partial charge on any atom is -0.463 e. The molecule has 2 N–H and O–H groups in total. The van der Waals surface area contributed by atoms with Gasteiger partial charge in [-0.3, -0.25) is 10.3 Å². The average molecular weight is 325 g/mol.